The fraction of sp³-hybridized carbons (Fsp3) is 0.679. The fourth-order valence-corrected chi connectivity index (χ4v) is 7.32. The standard InChI is InChI=1S/C28H41N3O/c1-2-30-17-19-31(20-18-30)28(13-5-6-14-28)23-7-8-24(26(29)32)25(21-23)22-9-15-27(16-10-22)11-3-4-12-27/h7-9,21H,2-6,10-20H2,1H3,(H2,29,32). The molecule has 0 radical (unpaired) electrons. The zero-order valence-corrected chi connectivity index (χ0v) is 20.0. The number of primary amides is 1. The van der Waals surface area contributed by atoms with Crippen LogP contribution in [0.3, 0.4) is 0 Å². The monoisotopic (exact) mass is 435 g/mol. The van der Waals surface area contributed by atoms with Crippen molar-refractivity contribution in [2.45, 2.75) is 83.1 Å². The Morgan fingerprint density at radius 2 is 1.66 bits per heavy atom. The van der Waals surface area contributed by atoms with Crippen LogP contribution in [0.4, 0.5) is 0 Å². The number of likely N-dealkylation sites (N-methyl/N-ethyl adjacent to an activating group) is 1. The molecule has 4 nitrogen and oxygen atoms in total. The normalized spacial score (nSPS) is 25.8. The van der Waals surface area contributed by atoms with E-state index in [4.69, 9.17) is 5.73 Å². The predicted molar refractivity (Wildman–Crippen MR) is 132 cm³/mol. The maximum absolute atomic E-state index is 12.4. The Morgan fingerprint density at radius 1 is 0.969 bits per heavy atom. The summed E-state index contributed by atoms with van der Waals surface area (Å²) in [5.74, 6) is -0.286. The number of rotatable bonds is 5. The first-order valence-corrected chi connectivity index (χ1v) is 13.2. The Morgan fingerprint density at radius 3 is 2.25 bits per heavy atom. The smallest absolute Gasteiger partial charge is 0.249 e. The fourth-order valence-electron chi connectivity index (χ4n) is 7.32. The second-order valence-corrected chi connectivity index (χ2v) is 10.9. The van der Waals surface area contributed by atoms with Gasteiger partial charge in [-0.2, -0.15) is 0 Å². The van der Waals surface area contributed by atoms with E-state index in [1.807, 2.05) is 6.07 Å². The van der Waals surface area contributed by atoms with Crippen LogP contribution in [-0.4, -0.2) is 48.4 Å². The van der Waals surface area contributed by atoms with E-state index in [0.29, 0.717) is 11.0 Å². The van der Waals surface area contributed by atoms with E-state index in [9.17, 15) is 4.79 Å². The van der Waals surface area contributed by atoms with Crippen LogP contribution in [-0.2, 0) is 5.54 Å². The number of benzene rings is 1. The molecule has 1 spiro atoms. The molecule has 0 unspecified atom stereocenters. The van der Waals surface area contributed by atoms with Crippen molar-refractivity contribution in [3.63, 3.8) is 0 Å². The van der Waals surface area contributed by atoms with Crippen LogP contribution in [0.5, 0.6) is 0 Å². The topological polar surface area (TPSA) is 49.6 Å². The number of nitrogens with two attached hydrogens (primary N) is 1. The first kappa shape index (κ1) is 22.2. The number of piperazine rings is 1. The molecule has 1 aromatic rings. The van der Waals surface area contributed by atoms with Crippen molar-refractivity contribution in [2.75, 3.05) is 32.7 Å². The number of carbonyl (C=O) groups is 1. The minimum Gasteiger partial charge on any atom is -0.366 e. The average Bonchev–Trinajstić information content (AvgIpc) is 3.50. The molecule has 0 atom stereocenters. The summed E-state index contributed by atoms with van der Waals surface area (Å²) in [5.41, 5.74) is 11.2. The number of nitrogens with zero attached hydrogens (tertiary/aromatic N) is 2. The largest absolute Gasteiger partial charge is 0.366 e. The minimum absolute atomic E-state index is 0.132. The molecule has 174 valence electrons. The highest BCUT2D eigenvalue weighted by Crippen LogP contribution is 2.51. The molecule has 1 aliphatic heterocycles. The van der Waals surface area contributed by atoms with Gasteiger partial charge in [0, 0.05) is 37.3 Å². The number of amides is 1. The lowest BCUT2D eigenvalue weighted by Gasteiger charge is -2.46. The SMILES string of the molecule is CCN1CCN(C2(c3ccc(C(N)=O)c(C4=CCC5(CCCC5)CC4)c3)CCCC2)CC1. The van der Waals surface area contributed by atoms with Gasteiger partial charge in [0.15, 0.2) is 0 Å². The lowest BCUT2D eigenvalue weighted by Crippen LogP contribution is -2.54. The third-order valence-electron chi connectivity index (χ3n) is 9.39. The van der Waals surface area contributed by atoms with Crippen LogP contribution in [0.25, 0.3) is 5.57 Å². The molecule has 1 aromatic carbocycles. The molecular weight excluding hydrogens is 394 g/mol. The van der Waals surface area contributed by atoms with Gasteiger partial charge in [0.1, 0.15) is 0 Å². The summed E-state index contributed by atoms with van der Waals surface area (Å²) in [4.78, 5) is 17.7. The van der Waals surface area contributed by atoms with Gasteiger partial charge >= 0.3 is 0 Å². The molecule has 5 rings (SSSR count). The molecule has 2 N–H and O–H groups in total. The lowest BCUT2D eigenvalue weighted by atomic mass is 9.72. The Bertz CT molecular complexity index is 869. The van der Waals surface area contributed by atoms with Gasteiger partial charge in [-0.25, -0.2) is 0 Å². The highest BCUT2D eigenvalue weighted by molar-refractivity contribution is 5.98. The first-order chi connectivity index (χ1) is 15.6. The summed E-state index contributed by atoms with van der Waals surface area (Å²) in [6.07, 6.45) is 16.6. The Kier molecular flexibility index (Phi) is 6.19. The summed E-state index contributed by atoms with van der Waals surface area (Å²) < 4.78 is 0. The van der Waals surface area contributed by atoms with Gasteiger partial charge in [0.05, 0.1) is 0 Å². The number of carbonyl (C=O) groups excluding carboxylic acids is 1. The Balaban J connectivity index is 1.48. The minimum atomic E-state index is -0.286. The van der Waals surface area contributed by atoms with Gasteiger partial charge in [-0.1, -0.05) is 44.7 Å². The molecule has 3 fully saturated rings. The van der Waals surface area contributed by atoms with Crippen molar-refractivity contribution in [2.24, 2.45) is 11.1 Å². The van der Waals surface area contributed by atoms with Crippen molar-refractivity contribution in [1.29, 1.82) is 0 Å². The van der Waals surface area contributed by atoms with Crippen LogP contribution in [0, 0.1) is 5.41 Å². The van der Waals surface area contributed by atoms with E-state index in [1.54, 1.807) is 0 Å². The Labute approximate surface area is 194 Å². The van der Waals surface area contributed by atoms with Crippen LogP contribution in [0.1, 0.15) is 99.0 Å². The van der Waals surface area contributed by atoms with Gasteiger partial charge < -0.3 is 10.6 Å². The molecule has 4 aliphatic rings. The van der Waals surface area contributed by atoms with Crippen molar-refractivity contribution in [1.82, 2.24) is 9.80 Å². The molecule has 2 saturated carbocycles. The molecule has 0 bridgehead atoms. The molecule has 32 heavy (non-hydrogen) atoms. The van der Waals surface area contributed by atoms with Gasteiger partial charge in [-0.15, -0.1) is 0 Å². The van der Waals surface area contributed by atoms with Gasteiger partial charge in [-0.3, -0.25) is 9.69 Å². The van der Waals surface area contributed by atoms with E-state index in [0.717, 1.165) is 44.7 Å². The zero-order valence-electron chi connectivity index (χ0n) is 20.0. The van der Waals surface area contributed by atoms with Crippen LogP contribution in [0.15, 0.2) is 24.3 Å². The van der Waals surface area contributed by atoms with Gasteiger partial charge in [0.25, 0.3) is 0 Å². The number of hydrogen-bond donors (Lipinski definition) is 1. The third kappa shape index (κ3) is 3.94. The molecular formula is C28H41N3O. The summed E-state index contributed by atoms with van der Waals surface area (Å²) >= 11 is 0. The first-order valence-electron chi connectivity index (χ1n) is 13.2. The summed E-state index contributed by atoms with van der Waals surface area (Å²) in [6, 6.07) is 6.63. The summed E-state index contributed by atoms with van der Waals surface area (Å²) in [7, 11) is 0. The van der Waals surface area contributed by atoms with Crippen molar-refractivity contribution in [3.05, 3.63) is 41.0 Å². The summed E-state index contributed by atoms with van der Waals surface area (Å²) in [6.45, 7) is 8.03. The van der Waals surface area contributed by atoms with Crippen molar-refractivity contribution < 1.29 is 4.79 Å². The second kappa shape index (κ2) is 8.95. The lowest BCUT2D eigenvalue weighted by molar-refractivity contribution is 0.0339. The van der Waals surface area contributed by atoms with Crippen molar-refractivity contribution in [3.8, 4) is 0 Å². The molecule has 1 heterocycles. The maximum atomic E-state index is 12.4. The van der Waals surface area contributed by atoms with Crippen molar-refractivity contribution >= 4 is 11.5 Å². The van der Waals surface area contributed by atoms with Gasteiger partial charge in [0.2, 0.25) is 5.91 Å². The van der Waals surface area contributed by atoms with Crippen LogP contribution in [0.2, 0.25) is 0 Å². The third-order valence-corrected chi connectivity index (χ3v) is 9.39. The van der Waals surface area contributed by atoms with Crippen LogP contribution >= 0.6 is 0 Å². The molecule has 0 aromatic heterocycles. The zero-order chi connectivity index (χ0) is 22.2. The highest BCUT2D eigenvalue weighted by Gasteiger charge is 2.42. The maximum Gasteiger partial charge on any atom is 0.249 e. The average molecular weight is 436 g/mol. The van der Waals surface area contributed by atoms with Gasteiger partial charge in [-0.05, 0) is 85.7 Å². The molecule has 1 saturated heterocycles. The van der Waals surface area contributed by atoms with E-state index in [-0.39, 0.29) is 11.4 Å². The van der Waals surface area contributed by atoms with E-state index in [2.05, 4.69) is 34.9 Å². The summed E-state index contributed by atoms with van der Waals surface area (Å²) in [5, 5.41) is 0. The van der Waals surface area contributed by atoms with E-state index < -0.39 is 0 Å². The quantitative estimate of drug-likeness (QED) is 0.681. The Hall–Kier alpha value is -1.65. The van der Waals surface area contributed by atoms with Crippen LogP contribution < -0.4 is 5.73 Å². The van der Waals surface area contributed by atoms with E-state index >= 15 is 0 Å². The number of hydrogen-bond acceptors (Lipinski definition) is 3. The second-order valence-electron chi connectivity index (χ2n) is 10.9. The highest BCUT2D eigenvalue weighted by atomic mass is 16.1. The predicted octanol–water partition coefficient (Wildman–Crippen LogP) is 5.32. The van der Waals surface area contributed by atoms with E-state index in [1.165, 1.54) is 75.3 Å². The molecule has 1 amide bonds. The number of allylic oxidation sites excluding steroid dienone is 2. The molecule has 4 heteroatoms. The molecule has 3 aliphatic carbocycles.